The van der Waals surface area contributed by atoms with Crippen LogP contribution in [0.25, 0.3) is 0 Å². The molecule has 1 saturated heterocycles. The number of rotatable bonds is 1. The second kappa shape index (κ2) is 3.87. The van der Waals surface area contributed by atoms with Crippen molar-refractivity contribution in [2.45, 2.75) is 6.92 Å². The summed E-state index contributed by atoms with van der Waals surface area (Å²) in [6.45, 7) is 4.75. The number of hydrogen-bond donors (Lipinski definition) is 0. The number of amides is 1. The third-order valence-electron chi connectivity index (χ3n) is 2.28. The second-order valence-electron chi connectivity index (χ2n) is 3.14. The first kappa shape index (κ1) is 9.32. The van der Waals surface area contributed by atoms with Gasteiger partial charge in [-0.25, -0.2) is 0 Å². The van der Waals surface area contributed by atoms with Gasteiger partial charge in [0.1, 0.15) is 0 Å². The van der Waals surface area contributed by atoms with E-state index in [2.05, 4.69) is 19.7 Å². The Hall–Kier alpha value is -1.24. The maximum atomic E-state index is 11.1. The SMILES string of the molecule is CC(=O)N1CCN(c2nnns2)CC1. The Labute approximate surface area is 85.7 Å². The van der Waals surface area contributed by atoms with E-state index in [0.29, 0.717) is 0 Å². The van der Waals surface area contributed by atoms with Gasteiger partial charge in [-0.15, -0.1) is 0 Å². The third kappa shape index (κ3) is 1.82. The van der Waals surface area contributed by atoms with Crippen molar-refractivity contribution in [1.29, 1.82) is 0 Å². The van der Waals surface area contributed by atoms with Gasteiger partial charge in [-0.1, -0.05) is 9.59 Å². The number of carbonyl (C=O) groups excluding carboxylic acids is 1. The van der Waals surface area contributed by atoms with Crippen LogP contribution in [0.15, 0.2) is 0 Å². The smallest absolute Gasteiger partial charge is 0.227 e. The fourth-order valence-electron chi connectivity index (χ4n) is 1.46. The molecule has 1 aliphatic rings. The van der Waals surface area contributed by atoms with Gasteiger partial charge in [0.2, 0.25) is 11.0 Å². The number of anilines is 1. The van der Waals surface area contributed by atoms with Crippen LogP contribution in [-0.2, 0) is 4.79 Å². The van der Waals surface area contributed by atoms with Crippen LogP contribution in [0, 0.1) is 0 Å². The van der Waals surface area contributed by atoms with E-state index >= 15 is 0 Å². The summed E-state index contributed by atoms with van der Waals surface area (Å²) in [5, 5.41) is 8.28. The zero-order chi connectivity index (χ0) is 9.97. The fourth-order valence-corrected chi connectivity index (χ4v) is 1.98. The summed E-state index contributed by atoms with van der Waals surface area (Å²) >= 11 is 1.29. The molecule has 7 heteroatoms. The van der Waals surface area contributed by atoms with Crippen LogP contribution in [0.2, 0.25) is 0 Å². The monoisotopic (exact) mass is 213 g/mol. The largest absolute Gasteiger partial charge is 0.342 e. The number of nitrogens with zero attached hydrogens (tertiary/aromatic N) is 5. The molecule has 14 heavy (non-hydrogen) atoms. The fraction of sp³-hybridized carbons (Fsp3) is 0.714. The second-order valence-corrected chi connectivity index (χ2v) is 3.85. The van der Waals surface area contributed by atoms with Crippen LogP contribution in [0.4, 0.5) is 5.13 Å². The maximum absolute atomic E-state index is 11.1. The standard InChI is InChI=1S/C7H11N5OS/c1-6(13)11-2-4-12(5-3-11)7-8-9-10-14-7/h2-5H2,1H3. The summed E-state index contributed by atoms with van der Waals surface area (Å²) in [4.78, 5) is 15.0. The normalized spacial score (nSPS) is 17.2. The highest BCUT2D eigenvalue weighted by Gasteiger charge is 2.20. The van der Waals surface area contributed by atoms with Crippen LogP contribution < -0.4 is 4.90 Å². The Balaban J connectivity index is 1.93. The van der Waals surface area contributed by atoms with Crippen LogP contribution in [0.1, 0.15) is 6.92 Å². The van der Waals surface area contributed by atoms with Gasteiger partial charge in [0.05, 0.1) is 0 Å². The van der Waals surface area contributed by atoms with E-state index in [9.17, 15) is 4.79 Å². The van der Waals surface area contributed by atoms with Crippen LogP contribution in [0.3, 0.4) is 0 Å². The van der Waals surface area contributed by atoms with E-state index in [-0.39, 0.29) is 5.91 Å². The van der Waals surface area contributed by atoms with Gasteiger partial charge in [0, 0.05) is 44.6 Å². The summed E-state index contributed by atoms with van der Waals surface area (Å²) in [5.41, 5.74) is 0. The van der Waals surface area contributed by atoms with Gasteiger partial charge in [-0.05, 0) is 5.21 Å². The van der Waals surface area contributed by atoms with Crippen molar-refractivity contribution in [1.82, 2.24) is 19.7 Å². The van der Waals surface area contributed by atoms with Gasteiger partial charge in [-0.2, -0.15) is 0 Å². The van der Waals surface area contributed by atoms with E-state index in [4.69, 9.17) is 0 Å². The zero-order valence-corrected chi connectivity index (χ0v) is 8.70. The Bertz CT molecular complexity index is 306. The van der Waals surface area contributed by atoms with E-state index in [1.165, 1.54) is 11.5 Å². The van der Waals surface area contributed by atoms with Gasteiger partial charge in [0.15, 0.2) is 0 Å². The lowest BCUT2D eigenvalue weighted by Crippen LogP contribution is -2.48. The predicted octanol–water partition coefficient (Wildman–Crippen LogP) is -0.398. The molecule has 0 unspecified atom stereocenters. The van der Waals surface area contributed by atoms with Crippen molar-refractivity contribution in [2.75, 3.05) is 31.1 Å². The highest BCUT2D eigenvalue weighted by Crippen LogP contribution is 2.15. The van der Waals surface area contributed by atoms with Crippen molar-refractivity contribution in [3.8, 4) is 0 Å². The molecule has 1 aliphatic heterocycles. The van der Waals surface area contributed by atoms with Gasteiger partial charge in [-0.3, -0.25) is 4.79 Å². The first-order valence-corrected chi connectivity index (χ1v) is 5.20. The molecular formula is C7H11N5OS. The maximum Gasteiger partial charge on any atom is 0.227 e. The molecule has 0 aromatic carbocycles. The molecule has 1 aromatic rings. The molecule has 1 aromatic heterocycles. The zero-order valence-electron chi connectivity index (χ0n) is 7.88. The topological polar surface area (TPSA) is 62.2 Å². The average molecular weight is 213 g/mol. The molecule has 0 atom stereocenters. The molecule has 2 rings (SSSR count). The first-order chi connectivity index (χ1) is 6.77. The van der Waals surface area contributed by atoms with Crippen LogP contribution >= 0.6 is 11.5 Å². The minimum absolute atomic E-state index is 0.139. The Morgan fingerprint density at radius 3 is 2.57 bits per heavy atom. The molecule has 0 saturated carbocycles. The van der Waals surface area contributed by atoms with E-state index in [0.717, 1.165) is 31.3 Å². The molecule has 6 nitrogen and oxygen atoms in total. The van der Waals surface area contributed by atoms with E-state index in [1.54, 1.807) is 6.92 Å². The highest BCUT2D eigenvalue weighted by atomic mass is 32.1. The average Bonchev–Trinajstić information content (AvgIpc) is 2.71. The number of piperazine rings is 1. The Morgan fingerprint density at radius 2 is 2.07 bits per heavy atom. The lowest BCUT2D eigenvalue weighted by atomic mass is 10.3. The number of hydrogen-bond acceptors (Lipinski definition) is 6. The lowest BCUT2D eigenvalue weighted by Gasteiger charge is -2.33. The molecule has 1 fully saturated rings. The van der Waals surface area contributed by atoms with Crippen molar-refractivity contribution in [3.05, 3.63) is 0 Å². The minimum Gasteiger partial charge on any atom is -0.342 e. The van der Waals surface area contributed by atoms with Crippen molar-refractivity contribution in [3.63, 3.8) is 0 Å². The summed E-state index contributed by atoms with van der Waals surface area (Å²) in [5.74, 6) is 0.139. The van der Waals surface area contributed by atoms with Crippen LogP contribution in [-0.4, -0.2) is 51.8 Å². The van der Waals surface area contributed by atoms with E-state index < -0.39 is 0 Å². The van der Waals surface area contributed by atoms with Crippen molar-refractivity contribution >= 4 is 22.6 Å². The molecule has 1 amide bonds. The summed E-state index contributed by atoms with van der Waals surface area (Å²) in [7, 11) is 0. The third-order valence-corrected chi connectivity index (χ3v) is 2.94. The summed E-state index contributed by atoms with van der Waals surface area (Å²) < 4.78 is 3.71. The summed E-state index contributed by atoms with van der Waals surface area (Å²) in [6.07, 6.45) is 0. The Morgan fingerprint density at radius 1 is 1.36 bits per heavy atom. The van der Waals surface area contributed by atoms with Gasteiger partial charge < -0.3 is 9.80 Å². The predicted molar refractivity (Wildman–Crippen MR) is 52.2 cm³/mol. The molecule has 0 N–H and O–H groups in total. The molecule has 0 aliphatic carbocycles. The molecule has 2 heterocycles. The van der Waals surface area contributed by atoms with Crippen molar-refractivity contribution in [2.24, 2.45) is 0 Å². The molecule has 0 spiro atoms. The van der Waals surface area contributed by atoms with Gasteiger partial charge >= 0.3 is 0 Å². The first-order valence-electron chi connectivity index (χ1n) is 4.43. The quantitative estimate of drug-likeness (QED) is 0.635. The molecular weight excluding hydrogens is 202 g/mol. The minimum atomic E-state index is 0.139. The van der Waals surface area contributed by atoms with Gasteiger partial charge in [0.25, 0.3) is 0 Å². The number of carbonyl (C=O) groups is 1. The molecule has 0 bridgehead atoms. The molecule has 0 radical (unpaired) electrons. The summed E-state index contributed by atoms with van der Waals surface area (Å²) in [6, 6.07) is 0. The molecule has 76 valence electrons. The van der Waals surface area contributed by atoms with Crippen LogP contribution in [0.5, 0.6) is 0 Å². The Kier molecular flexibility index (Phi) is 2.58. The lowest BCUT2D eigenvalue weighted by molar-refractivity contribution is -0.129. The number of aromatic nitrogens is 3. The highest BCUT2D eigenvalue weighted by molar-refractivity contribution is 7.09. The van der Waals surface area contributed by atoms with E-state index in [1.807, 2.05) is 4.90 Å². The van der Waals surface area contributed by atoms with Crippen molar-refractivity contribution < 1.29 is 4.79 Å².